The Balaban J connectivity index is 2.72. The molecule has 0 spiro atoms. The summed E-state index contributed by atoms with van der Waals surface area (Å²) in [4.78, 5) is 25.7. The van der Waals surface area contributed by atoms with E-state index in [9.17, 15) is 9.59 Å². The molecule has 0 aliphatic rings. The smallest absolute Gasteiger partial charge is 0.270 e. The predicted molar refractivity (Wildman–Crippen MR) is 87.3 cm³/mol. The summed E-state index contributed by atoms with van der Waals surface area (Å²) in [6.07, 6.45) is 1.88. The highest BCUT2D eigenvalue weighted by Crippen LogP contribution is 2.20. The van der Waals surface area contributed by atoms with E-state index in [0.29, 0.717) is 18.2 Å². The molecular weight excluding hydrogens is 334 g/mol. The van der Waals surface area contributed by atoms with Crippen LogP contribution in [-0.2, 0) is 4.79 Å². The normalized spacial score (nSPS) is 11.0. The zero-order valence-electron chi connectivity index (χ0n) is 13.3. The molecular formula is C15H24BrN3O2. The van der Waals surface area contributed by atoms with Crippen LogP contribution in [0.25, 0.3) is 0 Å². The molecule has 0 unspecified atom stereocenters. The van der Waals surface area contributed by atoms with E-state index in [1.54, 1.807) is 13.1 Å². The number of carbonyl (C=O) groups is 2. The number of nitrogens with zero attached hydrogens (tertiary/aromatic N) is 2. The van der Waals surface area contributed by atoms with Crippen LogP contribution in [0.4, 0.5) is 0 Å². The van der Waals surface area contributed by atoms with Crippen molar-refractivity contribution >= 4 is 27.7 Å². The lowest BCUT2D eigenvalue weighted by Gasteiger charge is -2.19. The van der Waals surface area contributed by atoms with Crippen LogP contribution in [0.3, 0.4) is 0 Å². The lowest BCUT2D eigenvalue weighted by molar-refractivity contribution is -0.121. The number of halogens is 1. The summed E-state index contributed by atoms with van der Waals surface area (Å²) in [5, 5.41) is 2.81. The van der Waals surface area contributed by atoms with E-state index in [0.717, 1.165) is 4.47 Å². The first kappa shape index (κ1) is 17.8. The molecule has 1 N–H and O–H groups in total. The standard InChI is InChI=1S/C15H24BrN3O2/c1-10(2)7-17-14(20)9-18(5)15(21)13-6-12(16)8-19(13)11(3)4/h6,8,10-11H,7,9H2,1-5H3,(H,17,20). The molecule has 1 aromatic heterocycles. The van der Waals surface area contributed by atoms with Crippen molar-refractivity contribution in [1.82, 2.24) is 14.8 Å². The highest BCUT2D eigenvalue weighted by Gasteiger charge is 2.20. The molecule has 0 aliphatic heterocycles. The molecule has 1 heterocycles. The number of hydrogen-bond acceptors (Lipinski definition) is 2. The van der Waals surface area contributed by atoms with Gasteiger partial charge in [-0.2, -0.15) is 0 Å². The lowest BCUT2D eigenvalue weighted by Crippen LogP contribution is -2.40. The summed E-state index contributed by atoms with van der Waals surface area (Å²) in [5.41, 5.74) is 0.580. The van der Waals surface area contributed by atoms with Gasteiger partial charge in [0.25, 0.3) is 5.91 Å². The van der Waals surface area contributed by atoms with E-state index in [2.05, 4.69) is 21.2 Å². The minimum atomic E-state index is -0.158. The summed E-state index contributed by atoms with van der Waals surface area (Å²) in [5.74, 6) is 0.0967. The molecule has 0 saturated carbocycles. The van der Waals surface area contributed by atoms with Gasteiger partial charge in [0.1, 0.15) is 5.69 Å². The monoisotopic (exact) mass is 357 g/mol. The number of carbonyl (C=O) groups excluding carboxylic acids is 2. The van der Waals surface area contributed by atoms with Crippen molar-refractivity contribution in [2.75, 3.05) is 20.1 Å². The Bertz CT molecular complexity index is 509. The van der Waals surface area contributed by atoms with Crippen molar-refractivity contribution in [3.8, 4) is 0 Å². The van der Waals surface area contributed by atoms with Crippen molar-refractivity contribution in [1.29, 1.82) is 0 Å². The van der Waals surface area contributed by atoms with Crippen molar-refractivity contribution in [3.05, 3.63) is 22.4 Å². The van der Waals surface area contributed by atoms with Crippen molar-refractivity contribution in [2.24, 2.45) is 5.92 Å². The molecule has 6 heteroatoms. The first-order valence-corrected chi connectivity index (χ1v) is 7.91. The third-order valence-corrected chi connectivity index (χ3v) is 3.46. The van der Waals surface area contributed by atoms with E-state index >= 15 is 0 Å². The summed E-state index contributed by atoms with van der Waals surface area (Å²) in [6.45, 7) is 8.77. The number of rotatable bonds is 6. The molecule has 0 aromatic carbocycles. The van der Waals surface area contributed by atoms with Crippen LogP contribution in [0, 0.1) is 5.92 Å². The van der Waals surface area contributed by atoms with Crippen LogP contribution in [0.1, 0.15) is 44.2 Å². The Morgan fingerprint density at radius 1 is 1.33 bits per heavy atom. The van der Waals surface area contributed by atoms with Crippen LogP contribution in [0.5, 0.6) is 0 Å². The number of hydrogen-bond donors (Lipinski definition) is 1. The molecule has 1 aromatic rings. The second kappa shape index (κ2) is 7.64. The van der Waals surface area contributed by atoms with Crippen molar-refractivity contribution in [2.45, 2.75) is 33.7 Å². The van der Waals surface area contributed by atoms with Gasteiger partial charge in [-0.15, -0.1) is 0 Å². The first-order chi connectivity index (χ1) is 9.72. The molecule has 0 atom stereocenters. The molecule has 2 amide bonds. The first-order valence-electron chi connectivity index (χ1n) is 7.12. The van der Waals surface area contributed by atoms with E-state index in [-0.39, 0.29) is 24.4 Å². The minimum absolute atomic E-state index is 0.0620. The second-order valence-electron chi connectivity index (χ2n) is 5.90. The van der Waals surface area contributed by atoms with Gasteiger partial charge in [0.15, 0.2) is 0 Å². The number of likely N-dealkylation sites (N-methyl/N-ethyl adjacent to an activating group) is 1. The Labute approximate surface area is 134 Å². The van der Waals surface area contributed by atoms with Crippen LogP contribution in [0.2, 0.25) is 0 Å². The second-order valence-corrected chi connectivity index (χ2v) is 6.82. The fourth-order valence-electron chi connectivity index (χ4n) is 1.90. The SMILES string of the molecule is CC(C)CNC(=O)CN(C)C(=O)c1cc(Br)cn1C(C)C. The Hall–Kier alpha value is -1.30. The summed E-state index contributed by atoms with van der Waals surface area (Å²) >= 11 is 3.39. The highest BCUT2D eigenvalue weighted by molar-refractivity contribution is 9.10. The van der Waals surface area contributed by atoms with Gasteiger partial charge in [0, 0.05) is 30.3 Å². The van der Waals surface area contributed by atoms with Crippen LogP contribution >= 0.6 is 15.9 Å². The van der Waals surface area contributed by atoms with Crippen LogP contribution in [0.15, 0.2) is 16.7 Å². The number of nitrogens with one attached hydrogen (secondary N) is 1. The molecule has 0 radical (unpaired) electrons. The van der Waals surface area contributed by atoms with Gasteiger partial charge in [-0.3, -0.25) is 9.59 Å². The Morgan fingerprint density at radius 3 is 2.48 bits per heavy atom. The fourth-order valence-corrected chi connectivity index (χ4v) is 2.34. The van der Waals surface area contributed by atoms with Gasteiger partial charge in [0.05, 0.1) is 6.54 Å². The molecule has 5 nitrogen and oxygen atoms in total. The van der Waals surface area contributed by atoms with E-state index in [1.165, 1.54) is 4.90 Å². The van der Waals surface area contributed by atoms with Gasteiger partial charge in [-0.25, -0.2) is 0 Å². The molecule has 0 fully saturated rings. The molecule has 1 rings (SSSR count). The van der Waals surface area contributed by atoms with Crippen LogP contribution < -0.4 is 5.32 Å². The number of amides is 2. The Morgan fingerprint density at radius 2 is 1.95 bits per heavy atom. The van der Waals surface area contributed by atoms with E-state index in [4.69, 9.17) is 0 Å². The zero-order chi connectivity index (χ0) is 16.2. The maximum Gasteiger partial charge on any atom is 0.270 e. The van der Waals surface area contributed by atoms with Gasteiger partial charge in [0.2, 0.25) is 5.91 Å². The number of aromatic nitrogens is 1. The van der Waals surface area contributed by atoms with Gasteiger partial charge in [-0.1, -0.05) is 13.8 Å². The van der Waals surface area contributed by atoms with Crippen molar-refractivity contribution < 1.29 is 9.59 Å². The summed E-state index contributed by atoms with van der Waals surface area (Å²) in [6, 6.07) is 1.96. The zero-order valence-corrected chi connectivity index (χ0v) is 14.9. The molecule has 0 aliphatic carbocycles. The third-order valence-electron chi connectivity index (χ3n) is 3.03. The minimum Gasteiger partial charge on any atom is -0.354 e. The topological polar surface area (TPSA) is 54.3 Å². The molecule has 0 bridgehead atoms. The third kappa shape index (κ3) is 5.19. The van der Waals surface area contributed by atoms with Crippen LogP contribution in [-0.4, -0.2) is 41.4 Å². The Kier molecular flexibility index (Phi) is 6.45. The fraction of sp³-hybridized carbons (Fsp3) is 0.600. The van der Waals surface area contributed by atoms with Gasteiger partial charge >= 0.3 is 0 Å². The summed E-state index contributed by atoms with van der Waals surface area (Å²) < 4.78 is 2.76. The predicted octanol–water partition coefficient (Wildman–Crippen LogP) is 2.68. The average Bonchev–Trinajstić information content (AvgIpc) is 2.77. The maximum absolute atomic E-state index is 12.5. The highest BCUT2D eigenvalue weighted by atomic mass is 79.9. The molecule has 21 heavy (non-hydrogen) atoms. The molecule has 118 valence electrons. The van der Waals surface area contributed by atoms with E-state index < -0.39 is 0 Å². The average molecular weight is 358 g/mol. The largest absolute Gasteiger partial charge is 0.354 e. The van der Waals surface area contributed by atoms with Gasteiger partial charge in [-0.05, 0) is 41.8 Å². The lowest BCUT2D eigenvalue weighted by atomic mass is 10.2. The summed E-state index contributed by atoms with van der Waals surface area (Å²) in [7, 11) is 1.64. The molecule has 0 saturated heterocycles. The van der Waals surface area contributed by atoms with Gasteiger partial charge < -0.3 is 14.8 Å². The van der Waals surface area contributed by atoms with Crippen molar-refractivity contribution in [3.63, 3.8) is 0 Å². The quantitative estimate of drug-likeness (QED) is 0.850. The van der Waals surface area contributed by atoms with E-state index in [1.807, 2.05) is 38.5 Å². The maximum atomic E-state index is 12.5.